The zero-order valence-electron chi connectivity index (χ0n) is 2.55. The highest BCUT2D eigenvalue weighted by molar-refractivity contribution is 7.43. The number of aromatic amines is 1. The largest absolute Gasteiger partial charge is 0.340 e. The van der Waals surface area contributed by atoms with E-state index in [0.717, 1.165) is 0 Å². The molecule has 0 amide bonds. The Bertz CT molecular complexity index is 64.1. The van der Waals surface area contributed by atoms with E-state index in [1.54, 1.807) is 0 Å². The molecule has 0 aliphatic heterocycles. The van der Waals surface area contributed by atoms with Crippen molar-refractivity contribution in [2.75, 3.05) is 0 Å². The van der Waals surface area contributed by atoms with Crippen LogP contribution in [0.15, 0.2) is 11.5 Å². The van der Waals surface area contributed by atoms with Gasteiger partial charge in [0.2, 0.25) is 0 Å². The third-order valence-corrected chi connectivity index (χ3v) is 2.09. The average Bonchev–Trinajstić information content (AvgIpc) is 1.76. The first-order chi connectivity index (χ1) is 2.50. The summed E-state index contributed by atoms with van der Waals surface area (Å²) in [7, 11) is 2.57. The third-order valence-electron chi connectivity index (χ3n) is 0.331. The number of aromatic nitrogens is 1. The summed E-state index contributed by atoms with van der Waals surface area (Å²) in [6.07, 6.45) is 0. The molecule has 0 saturated carbocycles. The van der Waals surface area contributed by atoms with E-state index in [4.69, 9.17) is 0 Å². The minimum absolute atomic E-state index is 1.25. The van der Waals surface area contributed by atoms with Crippen LogP contribution in [0.4, 0.5) is 0 Å². The lowest BCUT2D eigenvalue weighted by Gasteiger charge is -1.46. The zero-order chi connectivity index (χ0) is 3.54. The van der Waals surface area contributed by atoms with Gasteiger partial charge in [-0.3, -0.25) is 0 Å². The molecule has 0 aliphatic carbocycles. The first-order valence-corrected chi connectivity index (χ1v) is 3.28. The van der Waals surface area contributed by atoms with E-state index in [1.165, 1.54) is 16.5 Å². The van der Waals surface area contributed by atoms with Crippen LogP contribution in [-0.4, -0.2) is 4.75 Å². The molecule has 0 radical (unpaired) electrons. The van der Waals surface area contributed by atoms with Gasteiger partial charge in [0.25, 0.3) is 0 Å². The summed E-state index contributed by atoms with van der Waals surface area (Å²) in [4.78, 5) is 0. The fourth-order valence-electron chi connectivity index (χ4n) is 0.167. The lowest BCUT2D eigenvalue weighted by Crippen LogP contribution is -1.25. The molecule has 1 heterocycles. The topological polar surface area (TPSA) is 15.8 Å². The molecule has 26 valence electrons. The fourth-order valence-corrected chi connectivity index (χ4v) is 1.50. The second-order valence-corrected chi connectivity index (χ2v) is 2.65. The first-order valence-electron chi connectivity index (χ1n) is 1.29. The smallest absolute Gasteiger partial charge is 0.0323 e. The van der Waals surface area contributed by atoms with Crippen LogP contribution in [-0.2, 0) is 0 Å². The van der Waals surface area contributed by atoms with Gasteiger partial charge in [-0.05, 0) is 0 Å². The average molecular weight is 103 g/mol. The van der Waals surface area contributed by atoms with Gasteiger partial charge < -0.3 is 4.75 Å². The Morgan fingerprint density at radius 1 is 1.60 bits per heavy atom. The number of H-pyrrole nitrogens is 1. The lowest BCUT2D eigenvalue weighted by atomic mass is 11.7. The highest BCUT2D eigenvalue weighted by atomic mass is 31.1. The maximum Gasteiger partial charge on any atom is 0.0323 e. The van der Waals surface area contributed by atoms with E-state index in [-0.39, 0.29) is 0 Å². The van der Waals surface area contributed by atoms with E-state index >= 15 is 0 Å². The van der Waals surface area contributed by atoms with Crippen LogP contribution in [0.25, 0.3) is 0 Å². The maximum atomic E-state index is 3.00. The van der Waals surface area contributed by atoms with E-state index in [2.05, 4.69) is 10.3 Å². The van der Waals surface area contributed by atoms with Crippen LogP contribution >= 0.6 is 16.5 Å². The normalized spacial score (nSPS) is 11.2. The second kappa shape index (κ2) is 1.55. The van der Waals surface area contributed by atoms with Gasteiger partial charge in [0, 0.05) is 19.8 Å². The molecule has 5 heavy (non-hydrogen) atoms. The Kier molecular flexibility index (Phi) is 1.03. The maximum absolute atomic E-state index is 3.00. The predicted octanol–water partition coefficient (Wildman–Crippen LogP) is 2.17. The fraction of sp³-hybridized carbons (Fsp3) is 0. The Hall–Kier alpha value is 0.140. The van der Waals surface area contributed by atoms with Gasteiger partial charge in [-0.15, -0.1) is 0 Å². The minimum atomic E-state index is 1.25. The van der Waals surface area contributed by atoms with Crippen LogP contribution in [0, 0.1) is 0 Å². The van der Waals surface area contributed by atoms with Crippen LogP contribution in [0.5, 0.6) is 0 Å². The van der Waals surface area contributed by atoms with Crippen molar-refractivity contribution in [3.8, 4) is 0 Å². The Labute approximate surface area is 33.7 Å². The van der Waals surface area contributed by atoms with E-state index in [0.29, 0.717) is 0 Å². The van der Waals surface area contributed by atoms with Crippen molar-refractivity contribution in [1.82, 2.24) is 4.75 Å². The molecule has 1 aromatic heterocycles. The molecular weight excluding hydrogens is 100.0 g/mol. The summed E-state index contributed by atoms with van der Waals surface area (Å²) in [5.74, 6) is 2.02. The molecule has 0 saturated heterocycles. The standard InChI is InChI=1S/C2H3NP2/c1-3-5-2-4-1/h1-3H. The van der Waals surface area contributed by atoms with Gasteiger partial charge in [-0.1, -0.05) is 8.19 Å². The van der Waals surface area contributed by atoms with Crippen LogP contribution in [0.2, 0.25) is 0 Å². The van der Waals surface area contributed by atoms with Gasteiger partial charge in [0.1, 0.15) is 0 Å². The summed E-state index contributed by atoms with van der Waals surface area (Å²) >= 11 is 0. The van der Waals surface area contributed by atoms with Crippen LogP contribution in [0.1, 0.15) is 0 Å². The molecule has 1 rings (SSSR count). The molecule has 0 fully saturated rings. The summed E-state index contributed by atoms with van der Waals surface area (Å²) < 4.78 is 3.00. The number of hydrogen-bond acceptors (Lipinski definition) is 0. The van der Waals surface area contributed by atoms with Crippen molar-refractivity contribution in [2.45, 2.75) is 0 Å². The highest BCUT2D eigenvalue weighted by Gasteiger charge is 1.58. The number of rotatable bonds is 0. The van der Waals surface area contributed by atoms with Gasteiger partial charge in [-0.25, -0.2) is 0 Å². The highest BCUT2D eigenvalue weighted by Crippen LogP contribution is 2.07. The molecule has 3 heteroatoms. The minimum Gasteiger partial charge on any atom is -0.340 e. The third kappa shape index (κ3) is 0.718. The van der Waals surface area contributed by atoms with Crippen molar-refractivity contribution in [2.24, 2.45) is 0 Å². The molecule has 0 atom stereocenters. The molecule has 0 bridgehead atoms. The van der Waals surface area contributed by atoms with Gasteiger partial charge in [0.15, 0.2) is 0 Å². The monoisotopic (exact) mass is 103 g/mol. The second-order valence-electron chi connectivity index (χ2n) is 0.652. The first kappa shape index (κ1) is 3.33. The van der Waals surface area contributed by atoms with Crippen molar-refractivity contribution in [1.29, 1.82) is 0 Å². The van der Waals surface area contributed by atoms with Crippen molar-refractivity contribution >= 4 is 16.5 Å². The van der Waals surface area contributed by atoms with Crippen molar-refractivity contribution in [3.05, 3.63) is 11.5 Å². The predicted molar refractivity (Wildman–Crippen MR) is 25.8 cm³/mol. The van der Waals surface area contributed by atoms with E-state index in [9.17, 15) is 0 Å². The Balaban J connectivity index is 3.13. The summed E-state index contributed by atoms with van der Waals surface area (Å²) in [5.41, 5.74) is 2.14. The molecule has 1 N–H and O–H groups in total. The van der Waals surface area contributed by atoms with Gasteiger partial charge in [0.05, 0.1) is 0 Å². The van der Waals surface area contributed by atoms with E-state index in [1.807, 2.05) is 5.93 Å². The molecule has 0 spiro atoms. The zero-order valence-corrected chi connectivity index (χ0v) is 4.34. The summed E-state index contributed by atoms with van der Waals surface area (Å²) in [5, 5.41) is 0. The summed E-state index contributed by atoms with van der Waals surface area (Å²) in [6.45, 7) is 0. The van der Waals surface area contributed by atoms with Crippen LogP contribution in [0.3, 0.4) is 0 Å². The lowest BCUT2D eigenvalue weighted by molar-refractivity contribution is 1.65. The molecule has 0 aliphatic rings. The number of hydrogen-bond donors (Lipinski definition) is 1. The number of nitrogens with one attached hydrogen (secondary N) is 1. The molecule has 0 aromatic carbocycles. The molecular formula is C2H3NP2. The molecule has 1 nitrogen and oxygen atoms in total. The van der Waals surface area contributed by atoms with Crippen LogP contribution < -0.4 is 0 Å². The summed E-state index contributed by atoms with van der Waals surface area (Å²) in [6, 6.07) is 0. The Morgan fingerprint density at radius 3 is 2.80 bits per heavy atom. The van der Waals surface area contributed by atoms with Crippen molar-refractivity contribution in [3.63, 3.8) is 0 Å². The Morgan fingerprint density at radius 2 is 2.60 bits per heavy atom. The SMILES string of the molecule is c1[nH]pcp1. The quantitative estimate of drug-likeness (QED) is 0.517. The molecule has 1 aromatic rings. The molecule has 0 unspecified atom stereocenters. The van der Waals surface area contributed by atoms with Crippen molar-refractivity contribution < 1.29 is 0 Å². The van der Waals surface area contributed by atoms with E-state index < -0.39 is 0 Å². The van der Waals surface area contributed by atoms with Gasteiger partial charge >= 0.3 is 0 Å². The van der Waals surface area contributed by atoms with Gasteiger partial charge in [-0.2, -0.15) is 0 Å².